The van der Waals surface area contributed by atoms with Gasteiger partial charge in [0.25, 0.3) is 0 Å². The fourth-order valence-corrected chi connectivity index (χ4v) is 4.45. The summed E-state index contributed by atoms with van der Waals surface area (Å²) in [7, 11) is -3.21. The molecule has 7 nitrogen and oxygen atoms in total. The van der Waals surface area contributed by atoms with Gasteiger partial charge in [-0.3, -0.25) is 0 Å². The van der Waals surface area contributed by atoms with E-state index >= 15 is 0 Å². The number of fused-ring (bicyclic) bond motifs is 1. The van der Waals surface area contributed by atoms with E-state index in [4.69, 9.17) is 5.10 Å². The minimum absolute atomic E-state index is 0.288. The fraction of sp³-hybridized carbons (Fsp3) is 0.450. The van der Waals surface area contributed by atoms with Gasteiger partial charge in [0.2, 0.25) is 5.95 Å². The Morgan fingerprint density at radius 2 is 1.86 bits per heavy atom. The van der Waals surface area contributed by atoms with Crippen LogP contribution in [0.15, 0.2) is 35.4 Å². The highest BCUT2D eigenvalue weighted by molar-refractivity contribution is 7.90. The number of benzene rings is 1. The summed E-state index contributed by atoms with van der Waals surface area (Å²) in [5, 5.41) is 8.81. The molecule has 1 aliphatic carbocycles. The monoisotopic (exact) mass is 399 g/mol. The summed E-state index contributed by atoms with van der Waals surface area (Å²) in [4.78, 5) is 9.38. The molecule has 1 aromatic carbocycles. The maximum Gasteiger partial charge on any atom is 0.229 e. The van der Waals surface area contributed by atoms with Crippen LogP contribution in [-0.4, -0.2) is 34.4 Å². The van der Waals surface area contributed by atoms with E-state index in [2.05, 4.69) is 15.3 Å². The van der Waals surface area contributed by atoms with Crippen LogP contribution >= 0.6 is 0 Å². The van der Waals surface area contributed by atoms with Gasteiger partial charge in [-0.05, 0) is 49.9 Å². The normalized spacial score (nSPS) is 15.8. The first-order valence-electron chi connectivity index (χ1n) is 9.67. The molecular formula is C20H25N5O2S. The molecule has 0 bridgehead atoms. The second kappa shape index (κ2) is 7.50. The lowest BCUT2D eigenvalue weighted by Gasteiger charge is -2.21. The topological polar surface area (TPSA) is 89.8 Å². The first-order chi connectivity index (χ1) is 13.4. The van der Waals surface area contributed by atoms with Gasteiger partial charge in [0, 0.05) is 24.7 Å². The predicted octanol–water partition coefficient (Wildman–Crippen LogP) is 3.86. The molecule has 4 rings (SSSR count). The van der Waals surface area contributed by atoms with Crippen molar-refractivity contribution in [2.45, 2.75) is 50.5 Å². The van der Waals surface area contributed by atoms with Gasteiger partial charge in [-0.25, -0.2) is 18.1 Å². The van der Waals surface area contributed by atoms with Gasteiger partial charge >= 0.3 is 0 Å². The van der Waals surface area contributed by atoms with E-state index in [1.807, 2.05) is 11.6 Å². The van der Waals surface area contributed by atoms with E-state index in [9.17, 15) is 8.42 Å². The fourth-order valence-electron chi connectivity index (χ4n) is 3.82. The Balaban J connectivity index is 1.59. The minimum atomic E-state index is -3.21. The summed E-state index contributed by atoms with van der Waals surface area (Å²) in [6, 6.07) is 6.59. The number of hydrogen-bond donors (Lipinski definition) is 1. The third-order valence-corrected chi connectivity index (χ3v) is 6.50. The Bertz CT molecular complexity index is 1080. The maximum atomic E-state index is 11.6. The lowest BCUT2D eigenvalue weighted by Crippen LogP contribution is -2.15. The molecule has 0 unspecified atom stereocenters. The highest BCUT2D eigenvalue weighted by Crippen LogP contribution is 2.27. The average molecular weight is 400 g/mol. The van der Waals surface area contributed by atoms with Gasteiger partial charge < -0.3 is 5.32 Å². The van der Waals surface area contributed by atoms with Gasteiger partial charge in [-0.2, -0.15) is 10.1 Å². The molecule has 0 spiro atoms. The number of nitrogens with one attached hydrogen (secondary N) is 1. The van der Waals surface area contributed by atoms with Crippen molar-refractivity contribution in [3.8, 4) is 0 Å². The van der Waals surface area contributed by atoms with Crippen molar-refractivity contribution in [1.29, 1.82) is 0 Å². The molecule has 0 aliphatic heterocycles. The molecule has 0 saturated heterocycles. The van der Waals surface area contributed by atoms with Crippen LogP contribution in [0.2, 0.25) is 0 Å². The lowest BCUT2D eigenvalue weighted by molar-refractivity contribution is 0.311. The third kappa shape index (κ3) is 4.01. The molecule has 0 atom stereocenters. The summed E-state index contributed by atoms with van der Waals surface area (Å²) >= 11 is 0. The van der Waals surface area contributed by atoms with Crippen molar-refractivity contribution >= 4 is 32.5 Å². The van der Waals surface area contributed by atoms with E-state index in [0.717, 1.165) is 29.0 Å². The van der Waals surface area contributed by atoms with E-state index in [1.165, 1.54) is 38.4 Å². The summed E-state index contributed by atoms with van der Waals surface area (Å²) in [6.07, 6.45) is 9.44. The molecule has 1 fully saturated rings. The van der Waals surface area contributed by atoms with Crippen LogP contribution in [0, 0.1) is 12.8 Å². The number of hydrogen-bond acceptors (Lipinski definition) is 6. The van der Waals surface area contributed by atoms with Crippen molar-refractivity contribution in [1.82, 2.24) is 19.7 Å². The molecule has 0 amide bonds. The van der Waals surface area contributed by atoms with Crippen LogP contribution in [0.5, 0.6) is 0 Å². The summed E-state index contributed by atoms with van der Waals surface area (Å²) in [5.74, 6) is 1.13. The van der Waals surface area contributed by atoms with Gasteiger partial charge in [0.05, 0.1) is 16.0 Å². The highest BCUT2D eigenvalue weighted by atomic mass is 32.2. The molecule has 1 aliphatic rings. The first-order valence-corrected chi connectivity index (χ1v) is 11.6. The van der Waals surface area contributed by atoms with Gasteiger partial charge in [-0.1, -0.05) is 19.3 Å². The van der Waals surface area contributed by atoms with E-state index in [1.54, 1.807) is 30.5 Å². The second-order valence-corrected chi connectivity index (χ2v) is 9.64. The molecule has 8 heteroatoms. The number of aromatic nitrogens is 4. The van der Waals surface area contributed by atoms with Crippen molar-refractivity contribution in [2.75, 3.05) is 11.6 Å². The van der Waals surface area contributed by atoms with Gasteiger partial charge in [-0.15, -0.1) is 0 Å². The molecule has 2 aromatic heterocycles. The molecule has 3 aromatic rings. The Morgan fingerprint density at radius 1 is 1.14 bits per heavy atom. The Labute approximate surface area is 165 Å². The zero-order valence-electron chi connectivity index (χ0n) is 16.2. The molecular weight excluding hydrogens is 374 g/mol. The van der Waals surface area contributed by atoms with Gasteiger partial charge in [0.1, 0.15) is 0 Å². The molecule has 148 valence electrons. The summed E-state index contributed by atoms with van der Waals surface area (Å²) in [5.41, 5.74) is 2.52. The molecule has 1 N–H and O–H groups in total. The largest absolute Gasteiger partial charge is 0.324 e. The highest BCUT2D eigenvalue weighted by Gasteiger charge is 2.18. The number of sulfone groups is 1. The predicted molar refractivity (Wildman–Crippen MR) is 109 cm³/mol. The number of rotatable bonds is 5. The van der Waals surface area contributed by atoms with Crippen LogP contribution in [0.1, 0.15) is 37.8 Å². The van der Waals surface area contributed by atoms with Crippen LogP contribution < -0.4 is 5.32 Å². The third-order valence-electron chi connectivity index (χ3n) is 5.37. The SMILES string of the molecule is Cc1nn(CC2CCCCC2)c2nc(Nc3ccc(S(C)(=O)=O)cc3)ncc12. The molecule has 28 heavy (non-hydrogen) atoms. The second-order valence-electron chi connectivity index (χ2n) is 7.62. The molecule has 0 radical (unpaired) electrons. The van der Waals surface area contributed by atoms with Crippen molar-refractivity contribution in [3.05, 3.63) is 36.2 Å². The quantitative estimate of drug-likeness (QED) is 0.701. The summed E-state index contributed by atoms with van der Waals surface area (Å²) in [6.45, 7) is 2.88. The number of aryl methyl sites for hydroxylation is 1. The average Bonchev–Trinajstić information content (AvgIpc) is 2.97. The molecule has 2 heterocycles. The smallest absolute Gasteiger partial charge is 0.229 e. The van der Waals surface area contributed by atoms with E-state index < -0.39 is 9.84 Å². The van der Waals surface area contributed by atoms with E-state index in [-0.39, 0.29) is 4.90 Å². The van der Waals surface area contributed by atoms with Gasteiger partial charge in [0.15, 0.2) is 15.5 Å². The van der Waals surface area contributed by atoms with Crippen LogP contribution in [0.3, 0.4) is 0 Å². The van der Waals surface area contributed by atoms with Crippen LogP contribution in [-0.2, 0) is 16.4 Å². The minimum Gasteiger partial charge on any atom is -0.324 e. The Hall–Kier alpha value is -2.48. The zero-order chi connectivity index (χ0) is 19.7. The standard InChI is InChI=1S/C20H25N5O2S/c1-14-18-12-21-20(22-16-8-10-17(11-9-16)28(2,26)27)23-19(18)25(24-14)13-15-6-4-3-5-7-15/h8-12,15H,3-7,13H2,1-2H3,(H,21,22,23). The summed E-state index contributed by atoms with van der Waals surface area (Å²) < 4.78 is 25.2. The lowest BCUT2D eigenvalue weighted by atomic mass is 9.89. The zero-order valence-corrected chi connectivity index (χ0v) is 17.0. The van der Waals surface area contributed by atoms with Crippen molar-refractivity contribution in [3.63, 3.8) is 0 Å². The first kappa shape index (κ1) is 18.9. The van der Waals surface area contributed by atoms with Crippen molar-refractivity contribution < 1.29 is 8.42 Å². The Kier molecular flexibility index (Phi) is 5.05. The maximum absolute atomic E-state index is 11.6. The van der Waals surface area contributed by atoms with Crippen molar-refractivity contribution in [2.24, 2.45) is 5.92 Å². The number of nitrogens with zero attached hydrogens (tertiary/aromatic N) is 4. The molecule has 1 saturated carbocycles. The van der Waals surface area contributed by atoms with Crippen LogP contribution in [0.4, 0.5) is 11.6 Å². The van der Waals surface area contributed by atoms with Crippen LogP contribution in [0.25, 0.3) is 11.0 Å². The van der Waals surface area contributed by atoms with E-state index in [0.29, 0.717) is 11.9 Å². The number of anilines is 2. The Morgan fingerprint density at radius 3 is 2.54 bits per heavy atom.